The van der Waals surface area contributed by atoms with Crippen LogP contribution in [0.15, 0.2) is 17.1 Å². The lowest BCUT2D eigenvalue weighted by Crippen LogP contribution is -2.23. The molecule has 0 bridgehead atoms. The quantitative estimate of drug-likeness (QED) is 0.629. The smallest absolute Gasteiger partial charge is 0.269 e. The summed E-state index contributed by atoms with van der Waals surface area (Å²) in [4.78, 5) is 11.6. The number of rotatable bonds is 1. The second kappa shape index (κ2) is 2.42. The molecule has 1 aliphatic rings. The van der Waals surface area contributed by atoms with Gasteiger partial charge in [-0.3, -0.25) is 9.89 Å². The first-order valence-electron chi connectivity index (χ1n) is 4.44. The van der Waals surface area contributed by atoms with Crippen LogP contribution in [0.3, 0.4) is 0 Å². The van der Waals surface area contributed by atoms with Crippen LogP contribution in [-0.2, 0) is 0 Å². The Hall–Kier alpha value is -1.69. The largest absolute Gasteiger partial charge is 0.326 e. The fourth-order valence-corrected chi connectivity index (χ4v) is 1.55. The minimum Gasteiger partial charge on any atom is -0.326 e. The molecule has 72 valence electrons. The van der Waals surface area contributed by atoms with E-state index in [1.54, 1.807) is 6.20 Å². The molecule has 0 aromatic carbocycles. The van der Waals surface area contributed by atoms with Crippen molar-refractivity contribution in [2.24, 2.45) is 5.73 Å². The lowest BCUT2D eigenvalue weighted by atomic mass is 10.4. The molecule has 0 amide bonds. The summed E-state index contributed by atoms with van der Waals surface area (Å²) in [5, 5.41) is 10.7. The van der Waals surface area contributed by atoms with Gasteiger partial charge in [-0.15, -0.1) is 0 Å². The molecule has 2 heterocycles. The van der Waals surface area contributed by atoms with E-state index in [1.165, 1.54) is 10.7 Å². The van der Waals surface area contributed by atoms with Gasteiger partial charge in [0.1, 0.15) is 5.52 Å². The fraction of sp³-hybridized carbons (Fsp3) is 0.375. The molecule has 14 heavy (non-hydrogen) atoms. The number of H-pyrrole nitrogens is 1. The molecule has 0 saturated heterocycles. The van der Waals surface area contributed by atoms with E-state index in [0.29, 0.717) is 11.0 Å². The Kier molecular flexibility index (Phi) is 1.33. The van der Waals surface area contributed by atoms with Gasteiger partial charge in [0, 0.05) is 12.1 Å². The maximum atomic E-state index is 11.6. The summed E-state index contributed by atoms with van der Waals surface area (Å²) < 4.78 is 1.45. The highest BCUT2D eigenvalue weighted by Gasteiger charge is 2.37. The van der Waals surface area contributed by atoms with Gasteiger partial charge in [-0.1, -0.05) is 0 Å². The van der Waals surface area contributed by atoms with Crippen LogP contribution in [0.25, 0.3) is 11.0 Å². The molecule has 6 heteroatoms. The van der Waals surface area contributed by atoms with Gasteiger partial charge in [-0.2, -0.15) is 10.2 Å². The average molecular weight is 191 g/mol. The Balaban J connectivity index is 2.23. The van der Waals surface area contributed by atoms with E-state index in [9.17, 15) is 4.79 Å². The molecule has 1 aliphatic carbocycles. The van der Waals surface area contributed by atoms with Gasteiger partial charge in [0.15, 0.2) is 0 Å². The zero-order valence-corrected chi connectivity index (χ0v) is 7.34. The third-order valence-electron chi connectivity index (χ3n) is 2.48. The van der Waals surface area contributed by atoms with E-state index in [1.807, 2.05) is 0 Å². The van der Waals surface area contributed by atoms with Crippen molar-refractivity contribution < 1.29 is 0 Å². The zero-order chi connectivity index (χ0) is 9.71. The standard InChI is InChI=1S/C8H9N5O/c9-4-1-7(4)13-8(14)2-5-6(12-13)3-10-11-5/h2-4,7,11H,1,9H2. The van der Waals surface area contributed by atoms with Crippen molar-refractivity contribution in [3.63, 3.8) is 0 Å². The second-order valence-electron chi connectivity index (χ2n) is 3.56. The first-order valence-corrected chi connectivity index (χ1v) is 4.44. The van der Waals surface area contributed by atoms with Crippen molar-refractivity contribution in [3.05, 3.63) is 22.6 Å². The molecule has 1 saturated carbocycles. The third-order valence-corrected chi connectivity index (χ3v) is 2.48. The molecule has 2 atom stereocenters. The van der Waals surface area contributed by atoms with Crippen LogP contribution in [0, 0.1) is 0 Å². The monoisotopic (exact) mass is 191 g/mol. The van der Waals surface area contributed by atoms with E-state index in [0.717, 1.165) is 6.42 Å². The van der Waals surface area contributed by atoms with Crippen molar-refractivity contribution in [2.45, 2.75) is 18.5 Å². The predicted molar refractivity (Wildman–Crippen MR) is 49.8 cm³/mol. The minimum absolute atomic E-state index is 0.0711. The first-order chi connectivity index (χ1) is 6.75. The summed E-state index contributed by atoms with van der Waals surface area (Å²) in [6.45, 7) is 0. The minimum atomic E-state index is -0.125. The Morgan fingerprint density at radius 1 is 1.64 bits per heavy atom. The third kappa shape index (κ3) is 0.973. The van der Waals surface area contributed by atoms with Crippen molar-refractivity contribution in [1.82, 2.24) is 20.0 Å². The molecule has 3 rings (SSSR count). The van der Waals surface area contributed by atoms with Gasteiger partial charge >= 0.3 is 0 Å². The number of hydrogen-bond acceptors (Lipinski definition) is 4. The number of nitrogens with two attached hydrogens (primary N) is 1. The van der Waals surface area contributed by atoms with Crippen LogP contribution < -0.4 is 11.3 Å². The Bertz CT molecular complexity index is 542. The summed E-state index contributed by atoms with van der Waals surface area (Å²) in [6.07, 6.45) is 2.43. The van der Waals surface area contributed by atoms with Crippen molar-refractivity contribution >= 4 is 11.0 Å². The molecule has 6 nitrogen and oxygen atoms in total. The summed E-state index contributed by atoms with van der Waals surface area (Å²) in [5.74, 6) is 0. The molecule has 3 N–H and O–H groups in total. The van der Waals surface area contributed by atoms with E-state index < -0.39 is 0 Å². The number of fused-ring (bicyclic) bond motifs is 1. The lowest BCUT2D eigenvalue weighted by Gasteiger charge is -2.00. The fourth-order valence-electron chi connectivity index (χ4n) is 1.55. The van der Waals surface area contributed by atoms with Gasteiger partial charge in [0.25, 0.3) is 5.56 Å². The number of aromatic amines is 1. The molecular weight excluding hydrogens is 182 g/mol. The van der Waals surface area contributed by atoms with Crippen LogP contribution >= 0.6 is 0 Å². The summed E-state index contributed by atoms with van der Waals surface area (Å²) in [7, 11) is 0. The topological polar surface area (TPSA) is 89.6 Å². The van der Waals surface area contributed by atoms with Crippen LogP contribution in [0.1, 0.15) is 12.5 Å². The predicted octanol–water partition coefficient (Wildman–Crippen LogP) is -0.608. The van der Waals surface area contributed by atoms with Gasteiger partial charge in [-0.05, 0) is 6.42 Å². The maximum absolute atomic E-state index is 11.6. The van der Waals surface area contributed by atoms with E-state index >= 15 is 0 Å². The molecule has 2 aromatic rings. The molecule has 0 spiro atoms. The van der Waals surface area contributed by atoms with Gasteiger partial charge < -0.3 is 5.73 Å². The molecule has 1 fully saturated rings. The van der Waals surface area contributed by atoms with Gasteiger partial charge in [0.2, 0.25) is 0 Å². The zero-order valence-electron chi connectivity index (χ0n) is 7.34. The van der Waals surface area contributed by atoms with Crippen molar-refractivity contribution in [1.29, 1.82) is 0 Å². The van der Waals surface area contributed by atoms with Gasteiger partial charge in [-0.25, -0.2) is 4.68 Å². The number of nitrogens with one attached hydrogen (secondary N) is 1. The Morgan fingerprint density at radius 2 is 2.43 bits per heavy atom. The summed E-state index contributed by atoms with van der Waals surface area (Å²) in [6, 6.07) is 1.65. The Morgan fingerprint density at radius 3 is 3.14 bits per heavy atom. The number of hydrogen-bond donors (Lipinski definition) is 2. The van der Waals surface area contributed by atoms with E-state index in [4.69, 9.17) is 5.73 Å². The molecule has 2 unspecified atom stereocenters. The van der Waals surface area contributed by atoms with E-state index in [2.05, 4.69) is 15.3 Å². The normalized spacial score (nSPS) is 25.5. The molecule has 0 aliphatic heterocycles. The maximum Gasteiger partial charge on any atom is 0.269 e. The van der Waals surface area contributed by atoms with Crippen molar-refractivity contribution in [2.75, 3.05) is 0 Å². The van der Waals surface area contributed by atoms with E-state index in [-0.39, 0.29) is 17.6 Å². The second-order valence-corrected chi connectivity index (χ2v) is 3.56. The SMILES string of the molecule is NC1CC1n1nc2cn[nH]c2cc1=O. The average Bonchev–Trinajstić information content (AvgIpc) is 2.71. The first kappa shape index (κ1) is 7.69. The Labute approximate surface area is 78.7 Å². The van der Waals surface area contributed by atoms with Crippen LogP contribution in [0.2, 0.25) is 0 Å². The van der Waals surface area contributed by atoms with Crippen molar-refractivity contribution in [3.8, 4) is 0 Å². The number of nitrogens with zero attached hydrogens (tertiary/aromatic N) is 3. The van der Waals surface area contributed by atoms with Crippen LogP contribution in [0.5, 0.6) is 0 Å². The highest BCUT2D eigenvalue weighted by atomic mass is 16.1. The molecule has 2 aromatic heterocycles. The lowest BCUT2D eigenvalue weighted by molar-refractivity contribution is 0.595. The highest BCUT2D eigenvalue weighted by molar-refractivity contribution is 5.71. The summed E-state index contributed by atoms with van der Waals surface area (Å²) >= 11 is 0. The van der Waals surface area contributed by atoms with Gasteiger partial charge in [0.05, 0.1) is 17.8 Å². The van der Waals surface area contributed by atoms with Crippen LogP contribution in [-0.4, -0.2) is 26.0 Å². The summed E-state index contributed by atoms with van der Waals surface area (Å²) in [5.41, 5.74) is 6.90. The van der Waals surface area contributed by atoms with Crippen LogP contribution in [0.4, 0.5) is 0 Å². The number of aromatic nitrogens is 4. The highest BCUT2D eigenvalue weighted by Crippen LogP contribution is 2.31. The molecule has 0 radical (unpaired) electrons. The molecular formula is C8H9N5O.